The van der Waals surface area contributed by atoms with Gasteiger partial charge in [-0.25, -0.2) is 4.79 Å². The smallest absolute Gasteiger partial charge is 0.368 e. The first-order valence-corrected chi connectivity index (χ1v) is 8.22. The first-order chi connectivity index (χ1) is 11.3. The van der Waals surface area contributed by atoms with Crippen molar-refractivity contribution in [3.05, 3.63) is 35.4 Å². The summed E-state index contributed by atoms with van der Waals surface area (Å²) in [7, 11) is 1.49. The van der Waals surface area contributed by atoms with Gasteiger partial charge in [0.25, 0.3) is 0 Å². The van der Waals surface area contributed by atoms with E-state index in [9.17, 15) is 14.4 Å². The second kappa shape index (κ2) is 5.70. The highest BCUT2D eigenvalue weighted by molar-refractivity contribution is 6.08. The number of fused-ring (bicyclic) bond motifs is 1. The lowest BCUT2D eigenvalue weighted by Crippen LogP contribution is -2.97. The zero-order valence-electron chi connectivity index (χ0n) is 14.4. The van der Waals surface area contributed by atoms with Gasteiger partial charge in [-0.3, -0.25) is 14.5 Å². The monoisotopic (exact) mass is 331 g/mol. The number of hydrogen-bond donors (Lipinski definition) is 1. The highest BCUT2D eigenvalue weighted by atomic mass is 16.5. The number of ether oxygens (including phenoxy) is 1. The molecule has 128 valence electrons. The number of carbonyl (C=O) groups excluding carboxylic acids is 3. The van der Waals surface area contributed by atoms with Crippen LogP contribution in [0.5, 0.6) is 0 Å². The average molecular weight is 331 g/mol. The average Bonchev–Trinajstić information content (AvgIpc) is 2.99. The Morgan fingerprint density at radius 1 is 1.25 bits per heavy atom. The molecule has 2 aliphatic heterocycles. The summed E-state index contributed by atoms with van der Waals surface area (Å²) in [6.45, 7) is 5.68. The van der Waals surface area contributed by atoms with Crippen molar-refractivity contribution >= 4 is 17.8 Å². The summed E-state index contributed by atoms with van der Waals surface area (Å²) in [5.41, 5.74) is 0.973. The lowest BCUT2D eigenvalue weighted by atomic mass is 9.80. The van der Waals surface area contributed by atoms with Crippen LogP contribution in [0.25, 0.3) is 0 Å². The van der Waals surface area contributed by atoms with Gasteiger partial charge < -0.3 is 10.1 Å². The molecule has 0 bridgehead atoms. The Bertz CT molecular complexity index is 699. The van der Waals surface area contributed by atoms with Crippen LogP contribution in [0, 0.1) is 18.8 Å². The van der Waals surface area contributed by atoms with Crippen LogP contribution in [-0.4, -0.2) is 41.9 Å². The molecule has 6 nitrogen and oxygen atoms in total. The zero-order valence-corrected chi connectivity index (χ0v) is 14.4. The van der Waals surface area contributed by atoms with Crippen LogP contribution in [0.15, 0.2) is 24.3 Å². The van der Waals surface area contributed by atoms with E-state index in [1.807, 2.05) is 36.5 Å². The lowest BCUT2D eigenvalue weighted by molar-refractivity contribution is -0.731. The van der Waals surface area contributed by atoms with Crippen molar-refractivity contribution in [2.75, 3.05) is 13.7 Å². The molecule has 1 aromatic rings. The molecule has 2 N–H and O–H groups in total. The van der Waals surface area contributed by atoms with Gasteiger partial charge in [-0.05, 0) is 13.8 Å². The number of benzene rings is 1. The molecule has 0 spiro atoms. The molecular formula is C18H23N2O4+. The van der Waals surface area contributed by atoms with Crippen molar-refractivity contribution in [3.8, 4) is 0 Å². The Labute approximate surface area is 141 Å². The third-order valence-corrected chi connectivity index (χ3v) is 5.31. The fraction of sp³-hybridized carbons (Fsp3) is 0.500. The molecular weight excluding hydrogens is 308 g/mol. The molecule has 0 aliphatic carbocycles. The predicted octanol–water partition coefficient (Wildman–Crippen LogP) is 0.166. The molecule has 3 rings (SSSR count). The highest BCUT2D eigenvalue weighted by Gasteiger charge is 2.70. The van der Waals surface area contributed by atoms with Crippen molar-refractivity contribution in [3.63, 3.8) is 0 Å². The molecule has 2 fully saturated rings. The van der Waals surface area contributed by atoms with Crippen molar-refractivity contribution in [1.29, 1.82) is 0 Å². The second-order valence-electron chi connectivity index (χ2n) is 6.85. The van der Waals surface area contributed by atoms with Crippen molar-refractivity contribution in [2.45, 2.75) is 32.4 Å². The van der Waals surface area contributed by atoms with Crippen LogP contribution in [0.2, 0.25) is 0 Å². The molecule has 0 radical (unpaired) electrons. The lowest BCUT2D eigenvalue weighted by Gasteiger charge is -2.25. The third-order valence-electron chi connectivity index (χ3n) is 5.31. The number of aryl methyl sites for hydroxylation is 1. The number of hydrogen-bond acceptors (Lipinski definition) is 4. The molecule has 2 amide bonds. The van der Waals surface area contributed by atoms with Crippen molar-refractivity contribution < 1.29 is 24.4 Å². The van der Waals surface area contributed by atoms with Gasteiger partial charge in [0.1, 0.15) is 17.9 Å². The van der Waals surface area contributed by atoms with Gasteiger partial charge in [0, 0.05) is 19.5 Å². The minimum atomic E-state index is -1.09. The maximum atomic E-state index is 12.6. The quantitative estimate of drug-likeness (QED) is 0.632. The third kappa shape index (κ3) is 2.24. The van der Waals surface area contributed by atoms with Crippen LogP contribution < -0.4 is 5.32 Å². The molecule has 4 atom stereocenters. The van der Waals surface area contributed by atoms with E-state index >= 15 is 0 Å². The van der Waals surface area contributed by atoms with E-state index < -0.39 is 23.3 Å². The normalized spacial score (nSPS) is 32.2. The van der Waals surface area contributed by atoms with Gasteiger partial charge in [0.15, 0.2) is 0 Å². The number of imide groups is 1. The summed E-state index contributed by atoms with van der Waals surface area (Å²) < 4.78 is 5.21. The molecule has 6 heteroatoms. The van der Waals surface area contributed by atoms with Gasteiger partial charge in [0.2, 0.25) is 17.4 Å². The van der Waals surface area contributed by atoms with E-state index in [1.165, 1.54) is 7.05 Å². The predicted molar refractivity (Wildman–Crippen MR) is 85.6 cm³/mol. The summed E-state index contributed by atoms with van der Waals surface area (Å²) in [5.74, 6) is -2.20. The van der Waals surface area contributed by atoms with Gasteiger partial charge >= 0.3 is 5.97 Å². The van der Waals surface area contributed by atoms with E-state index in [-0.39, 0.29) is 24.5 Å². The molecule has 0 unspecified atom stereocenters. The summed E-state index contributed by atoms with van der Waals surface area (Å²) in [5, 5.41) is 1.84. The van der Waals surface area contributed by atoms with Crippen molar-refractivity contribution in [2.24, 2.45) is 11.8 Å². The van der Waals surface area contributed by atoms with Gasteiger partial charge in [-0.2, -0.15) is 0 Å². The van der Waals surface area contributed by atoms with Gasteiger partial charge in [-0.15, -0.1) is 0 Å². The van der Waals surface area contributed by atoms with Crippen LogP contribution in [-0.2, 0) is 19.1 Å². The summed E-state index contributed by atoms with van der Waals surface area (Å²) in [6, 6.07) is 7.60. The molecule has 2 aliphatic rings. The number of likely N-dealkylation sites (tertiary alicyclic amines) is 1. The Balaban J connectivity index is 2.06. The summed E-state index contributed by atoms with van der Waals surface area (Å²) in [6.07, 6.45) is 0. The second-order valence-corrected chi connectivity index (χ2v) is 6.85. The number of esters is 1. The largest absolute Gasteiger partial charge is 0.461 e. The Hall–Kier alpha value is -2.21. The number of rotatable bonds is 3. The Morgan fingerprint density at radius 2 is 1.88 bits per heavy atom. The minimum absolute atomic E-state index is 0.222. The molecule has 24 heavy (non-hydrogen) atoms. The van der Waals surface area contributed by atoms with E-state index in [0.717, 1.165) is 16.0 Å². The van der Waals surface area contributed by atoms with Gasteiger partial charge in [-0.1, -0.05) is 29.8 Å². The SMILES string of the molecule is CCOC(=O)[C@@]1(C)[NH2+][C@@H](c2ccc(C)cc2)[C@H]2C(=O)N(C)C(=O)[C@@H]21. The van der Waals surface area contributed by atoms with E-state index in [4.69, 9.17) is 4.74 Å². The van der Waals surface area contributed by atoms with Crippen LogP contribution in [0.1, 0.15) is 31.0 Å². The molecule has 2 saturated heterocycles. The van der Waals surface area contributed by atoms with E-state index in [0.29, 0.717) is 0 Å². The zero-order chi connectivity index (χ0) is 17.6. The first kappa shape index (κ1) is 16.6. The maximum Gasteiger partial charge on any atom is 0.368 e. The van der Waals surface area contributed by atoms with Gasteiger partial charge in [0.05, 0.1) is 6.61 Å². The number of carbonyl (C=O) groups is 3. The number of nitrogens with zero attached hydrogens (tertiary/aromatic N) is 1. The first-order valence-electron chi connectivity index (χ1n) is 8.22. The maximum absolute atomic E-state index is 12.6. The topological polar surface area (TPSA) is 80.3 Å². The fourth-order valence-corrected chi connectivity index (χ4v) is 3.98. The molecule has 0 saturated carbocycles. The van der Waals surface area contributed by atoms with Crippen molar-refractivity contribution in [1.82, 2.24) is 4.90 Å². The molecule has 0 aromatic heterocycles. The Morgan fingerprint density at radius 3 is 2.46 bits per heavy atom. The van der Waals surface area contributed by atoms with E-state index in [2.05, 4.69) is 0 Å². The number of amides is 2. The minimum Gasteiger partial charge on any atom is -0.461 e. The summed E-state index contributed by atoms with van der Waals surface area (Å²) >= 11 is 0. The standard InChI is InChI=1S/C18H22N2O4/c1-5-24-17(23)18(3)13-12(15(21)20(4)16(13)22)14(19-18)11-8-6-10(2)7-9-11/h6-9,12-14,19H,5H2,1-4H3/p+1/t12-,13+,14-,18-/m0/s1. The Kier molecular flexibility index (Phi) is 3.95. The summed E-state index contributed by atoms with van der Waals surface area (Å²) in [4.78, 5) is 39.0. The molecule has 1 aromatic carbocycles. The number of quaternary nitrogens is 1. The highest BCUT2D eigenvalue weighted by Crippen LogP contribution is 2.43. The number of nitrogens with two attached hydrogens (primary N) is 1. The van der Waals surface area contributed by atoms with Crippen LogP contribution in [0.4, 0.5) is 0 Å². The molecule has 2 heterocycles. The van der Waals surface area contributed by atoms with E-state index in [1.54, 1.807) is 13.8 Å². The van der Waals surface area contributed by atoms with Crippen LogP contribution in [0.3, 0.4) is 0 Å². The fourth-order valence-electron chi connectivity index (χ4n) is 3.98. The van der Waals surface area contributed by atoms with Crippen LogP contribution >= 0.6 is 0 Å².